The molecule has 4 atom stereocenters. The molecule has 0 bridgehead atoms. The third-order valence-electron chi connectivity index (χ3n) is 4.95. The number of ether oxygens (including phenoxy) is 1. The maximum Gasteiger partial charge on any atom is 0.240 e. The molecular weight excluding hydrogens is 482 g/mol. The van der Waals surface area contributed by atoms with Crippen LogP contribution in [-0.4, -0.2) is 24.7 Å². The molecule has 7 heteroatoms. The SMILES string of the molecule is Cc1ccc(S(=O)(=O)NC2[C@@H](Br)[C@H](c3ccccc3)O[C@H]2Sc2ccccc2)cc1. The van der Waals surface area contributed by atoms with Crippen molar-refractivity contribution in [2.75, 3.05) is 0 Å². The zero-order valence-electron chi connectivity index (χ0n) is 16.3. The fourth-order valence-electron chi connectivity index (χ4n) is 3.37. The van der Waals surface area contributed by atoms with E-state index in [4.69, 9.17) is 4.74 Å². The summed E-state index contributed by atoms with van der Waals surface area (Å²) in [6.07, 6.45) is -0.266. The molecule has 0 aromatic heterocycles. The van der Waals surface area contributed by atoms with E-state index in [0.29, 0.717) is 0 Å². The molecule has 0 spiro atoms. The molecule has 1 N–H and O–H groups in total. The Labute approximate surface area is 190 Å². The van der Waals surface area contributed by atoms with Crippen molar-refractivity contribution >= 4 is 37.7 Å². The number of sulfonamides is 1. The van der Waals surface area contributed by atoms with Gasteiger partial charge in [0.15, 0.2) is 0 Å². The predicted octanol–water partition coefficient (Wildman–Crippen LogP) is 5.30. The van der Waals surface area contributed by atoms with Gasteiger partial charge in [0.2, 0.25) is 10.0 Å². The minimum atomic E-state index is -3.70. The molecule has 4 rings (SSSR count). The molecule has 1 aliphatic heterocycles. The summed E-state index contributed by atoms with van der Waals surface area (Å²) in [5.41, 5.74) is 1.63. The molecule has 0 saturated carbocycles. The largest absolute Gasteiger partial charge is 0.356 e. The van der Waals surface area contributed by atoms with Crippen molar-refractivity contribution in [1.82, 2.24) is 4.72 Å². The molecule has 4 nitrogen and oxygen atoms in total. The maximum absolute atomic E-state index is 13.1. The van der Waals surface area contributed by atoms with Crippen LogP contribution in [0.4, 0.5) is 0 Å². The molecule has 3 aromatic rings. The second kappa shape index (κ2) is 9.24. The van der Waals surface area contributed by atoms with E-state index < -0.39 is 16.1 Å². The fraction of sp³-hybridized carbons (Fsp3) is 0.217. The topological polar surface area (TPSA) is 55.4 Å². The summed E-state index contributed by atoms with van der Waals surface area (Å²) in [5.74, 6) is 0. The van der Waals surface area contributed by atoms with Crippen LogP contribution in [-0.2, 0) is 14.8 Å². The zero-order valence-corrected chi connectivity index (χ0v) is 19.5. The Morgan fingerprint density at radius 3 is 2.13 bits per heavy atom. The quantitative estimate of drug-likeness (QED) is 0.464. The van der Waals surface area contributed by atoms with Gasteiger partial charge in [-0.25, -0.2) is 13.1 Å². The van der Waals surface area contributed by atoms with Gasteiger partial charge in [-0.05, 0) is 36.8 Å². The number of rotatable bonds is 6. The van der Waals surface area contributed by atoms with Crippen LogP contribution in [0, 0.1) is 6.92 Å². The molecule has 1 heterocycles. The van der Waals surface area contributed by atoms with Gasteiger partial charge in [-0.15, -0.1) is 0 Å². The minimum absolute atomic E-state index is 0.221. The van der Waals surface area contributed by atoms with E-state index in [1.165, 1.54) is 11.8 Å². The standard InChI is InChI=1S/C23H22BrNO3S2/c1-16-12-14-19(15-13-16)30(26,27)25-21-20(24)22(17-8-4-2-5-9-17)28-23(21)29-18-10-6-3-7-11-18/h2-15,20-23,25H,1H3/t20-,21?,22+,23+/m1/s1. The van der Waals surface area contributed by atoms with E-state index in [9.17, 15) is 8.42 Å². The zero-order chi connectivity index (χ0) is 21.1. The number of aryl methyl sites for hydroxylation is 1. The first-order valence-electron chi connectivity index (χ1n) is 9.59. The van der Waals surface area contributed by atoms with Crippen molar-refractivity contribution in [2.24, 2.45) is 0 Å². The average molecular weight is 504 g/mol. The van der Waals surface area contributed by atoms with Crippen molar-refractivity contribution in [3.05, 3.63) is 96.1 Å². The number of thioether (sulfide) groups is 1. The first-order chi connectivity index (χ1) is 14.4. The summed E-state index contributed by atoms with van der Waals surface area (Å²) in [4.78, 5) is 1.05. The van der Waals surface area contributed by atoms with Crippen molar-refractivity contribution in [2.45, 2.75) is 39.1 Å². The Hall–Kier alpha value is -1.64. The van der Waals surface area contributed by atoms with Crippen LogP contribution >= 0.6 is 27.7 Å². The van der Waals surface area contributed by atoms with E-state index >= 15 is 0 Å². The molecule has 156 valence electrons. The molecule has 30 heavy (non-hydrogen) atoms. The van der Waals surface area contributed by atoms with Gasteiger partial charge >= 0.3 is 0 Å². The molecule has 1 fully saturated rings. The smallest absolute Gasteiger partial charge is 0.240 e. The second-order valence-corrected chi connectivity index (χ2v) is 11.1. The normalized spacial score (nSPS) is 24.1. The first-order valence-corrected chi connectivity index (χ1v) is 12.9. The van der Waals surface area contributed by atoms with Gasteiger partial charge in [0.05, 0.1) is 21.9 Å². The Morgan fingerprint density at radius 1 is 0.900 bits per heavy atom. The van der Waals surface area contributed by atoms with Gasteiger partial charge < -0.3 is 4.74 Å². The first kappa shape index (κ1) is 21.6. The number of benzene rings is 3. The van der Waals surface area contributed by atoms with Crippen molar-refractivity contribution in [3.8, 4) is 0 Å². The molecule has 1 unspecified atom stereocenters. The van der Waals surface area contributed by atoms with Gasteiger partial charge in [0, 0.05) is 4.90 Å². The van der Waals surface area contributed by atoms with Crippen LogP contribution in [0.2, 0.25) is 0 Å². The monoisotopic (exact) mass is 503 g/mol. The Bertz CT molecular complexity index is 1080. The van der Waals surface area contributed by atoms with Crippen LogP contribution in [0.15, 0.2) is 94.7 Å². The summed E-state index contributed by atoms with van der Waals surface area (Å²) < 4.78 is 35.4. The van der Waals surface area contributed by atoms with E-state index in [1.807, 2.05) is 67.6 Å². The highest BCUT2D eigenvalue weighted by Crippen LogP contribution is 2.44. The lowest BCUT2D eigenvalue weighted by Crippen LogP contribution is -2.43. The third-order valence-corrected chi connectivity index (χ3v) is 8.66. The van der Waals surface area contributed by atoms with Crippen LogP contribution < -0.4 is 4.72 Å². The van der Waals surface area contributed by atoms with Crippen LogP contribution in [0.1, 0.15) is 17.2 Å². The van der Waals surface area contributed by atoms with Crippen LogP contribution in [0.5, 0.6) is 0 Å². The van der Waals surface area contributed by atoms with Crippen molar-refractivity contribution in [1.29, 1.82) is 0 Å². The van der Waals surface area contributed by atoms with Gasteiger partial charge in [-0.1, -0.05) is 93.9 Å². The maximum atomic E-state index is 13.1. The van der Waals surface area contributed by atoms with Crippen molar-refractivity contribution < 1.29 is 13.2 Å². The fourth-order valence-corrected chi connectivity index (χ4v) is 7.07. The molecule has 0 radical (unpaired) electrons. The number of halogens is 1. The predicted molar refractivity (Wildman–Crippen MR) is 124 cm³/mol. The highest BCUT2D eigenvalue weighted by molar-refractivity contribution is 9.09. The summed E-state index contributed by atoms with van der Waals surface area (Å²) in [7, 11) is -3.70. The Morgan fingerprint density at radius 2 is 1.50 bits per heavy atom. The molecular formula is C23H22BrNO3S2. The van der Waals surface area contributed by atoms with Gasteiger partial charge in [-0.2, -0.15) is 0 Å². The van der Waals surface area contributed by atoms with Gasteiger partial charge in [-0.3, -0.25) is 0 Å². The summed E-state index contributed by atoms with van der Waals surface area (Å²) in [5, 5.41) is 0. The lowest BCUT2D eigenvalue weighted by atomic mass is 10.1. The van der Waals surface area contributed by atoms with Gasteiger partial charge in [0.1, 0.15) is 5.44 Å². The number of hydrogen-bond donors (Lipinski definition) is 1. The molecule has 0 amide bonds. The second-order valence-electron chi connectivity index (χ2n) is 7.17. The molecule has 3 aromatic carbocycles. The van der Waals surface area contributed by atoms with E-state index in [2.05, 4.69) is 20.7 Å². The molecule has 0 aliphatic carbocycles. The van der Waals surface area contributed by atoms with E-state index in [0.717, 1.165) is 16.0 Å². The van der Waals surface area contributed by atoms with Gasteiger partial charge in [0.25, 0.3) is 0 Å². The molecule has 1 aliphatic rings. The summed E-state index contributed by atoms with van der Waals surface area (Å²) >= 11 is 5.25. The average Bonchev–Trinajstić information content (AvgIpc) is 3.05. The van der Waals surface area contributed by atoms with Crippen LogP contribution in [0.3, 0.4) is 0 Å². The van der Waals surface area contributed by atoms with Crippen LogP contribution in [0.25, 0.3) is 0 Å². The van der Waals surface area contributed by atoms with E-state index in [-0.39, 0.29) is 21.3 Å². The highest BCUT2D eigenvalue weighted by atomic mass is 79.9. The summed E-state index contributed by atoms with van der Waals surface area (Å²) in [6, 6.07) is 26.2. The minimum Gasteiger partial charge on any atom is -0.356 e. The number of hydrogen-bond acceptors (Lipinski definition) is 4. The lowest BCUT2D eigenvalue weighted by Gasteiger charge is -2.21. The number of nitrogens with one attached hydrogen (secondary N) is 1. The third kappa shape index (κ3) is 4.81. The molecule has 1 saturated heterocycles. The Balaban J connectivity index is 1.63. The summed E-state index contributed by atoms with van der Waals surface area (Å²) in [6.45, 7) is 1.93. The number of alkyl halides is 1. The Kier molecular flexibility index (Phi) is 6.65. The van der Waals surface area contributed by atoms with E-state index in [1.54, 1.807) is 24.3 Å². The lowest BCUT2D eigenvalue weighted by molar-refractivity contribution is 0.0918. The highest BCUT2D eigenvalue weighted by Gasteiger charge is 2.46. The van der Waals surface area contributed by atoms with Crippen molar-refractivity contribution in [3.63, 3.8) is 0 Å².